The van der Waals surface area contributed by atoms with Crippen LogP contribution < -0.4 is 4.74 Å². The van der Waals surface area contributed by atoms with Crippen LogP contribution in [0.25, 0.3) is 22.3 Å². The van der Waals surface area contributed by atoms with Crippen LogP contribution in [0.1, 0.15) is 45.7 Å². The lowest BCUT2D eigenvalue weighted by Crippen LogP contribution is -2.11. The Bertz CT molecular complexity index is 1980. The molecule has 8 nitrogen and oxygen atoms in total. The fourth-order valence-corrected chi connectivity index (χ4v) is 4.89. The standard InChI is InChI=1S/C33H24F4N4O4/c34-24-6-8-31(45-17-20-2-1-18(16-38)11-25(20)35)40-32(24)23-15-26(36)21(12-27(23)37)14-30-39-28-7-3-19(33(42)43)13-29(28)41(30)9-10-44-22-4-5-22/h1-3,6-8,11-13,15,22H,4-5,9-10,14,17H2,(H,42,43). The van der Waals surface area contributed by atoms with Gasteiger partial charge in [-0.1, -0.05) is 6.07 Å². The molecule has 2 heterocycles. The third kappa shape index (κ3) is 6.49. The highest BCUT2D eigenvalue weighted by Gasteiger charge is 2.23. The lowest BCUT2D eigenvalue weighted by atomic mass is 10.0. The molecule has 45 heavy (non-hydrogen) atoms. The zero-order valence-electron chi connectivity index (χ0n) is 23.6. The Balaban J connectivity index is 1.27. The number of nitriles is 1. The summed E-state index contributed by atoms with van der Waals surface area (Å²) in [7, 11) is 0. The fourth-order valence-electron chi connectivity index (χ4n) is 4.89. The van der Waals surface area contributed by atoms with E-state index < -0.39 is 40.5 Å². The normalized spacial score (nSPS) is 12.8. The van der Waals surface area contributed by atoms with E-state index in [1.165, 1.54) is 30.3 Å². The number of halogens is 4. The van der Waals surface area contributed by atoms with Gasteiger partial charge in [0.25, 0.3) is 0 Å². The zero-order valence-corrected chi connectivity index (χ0v) is 23.6. The van der Waals surface area contributed by atoms with E-state index in [0.717, 1.165) is 37.1 Å². The van der Waals surface area contributed by atoms with E-state index in [-0.39, 0.29) is 47.3 Å². The third-order valence-electron chi connectivity index (χ3n) is 7.39. The highest BCUT2D eigenvalue weighted by molar-refractivity contribution is 5.92. The maximum Gasteiger partial charge on any atom is 0.335 e. The van der Waals surface area contributed by atoms with Crippen molar-refractivity contribution in [2.45, 2.75) is 38.5 Å². The number of fused-ring (bicyclic) bond motifs is 1. The van der Waals surface area contributed by atoms with Crippen LogP contribution in [-0.2, 0) is 24.3 Å². The summed E-state index contributed by atoms with van der Waals surface area (Å²) in [6.07, 6.45) is 1.99. The van der Waals surface area contributed by atoms with Crippen LogP contribution in [0.5, 0.6) is 5.88 Å². The highest BCUT2D eigenvalue weighted by Crippen LogP contribution is 2.30. The summed E-state index contributed by atoms with van der Waals surface area (Å²) in [6.45, 7) is 0.352. The molecule has 0 spiro atoms. The summed E-state index contributed by atoms with van der Waals surface area (Å²) in [5.74, 6) is -4.27. The minimum absolute atomic E-state index is 0.0570. The molecular formula is C33H24F4N4O4. The van der Waals surface area contributed by atoms with Crippen molar-refractivity contribution < 1.29 is 36.9 Å². The topological polar surface area (TPSA) is 110 Å². The second-order valence-electron chi connectivity index (χ2n) is 10.5. The SMILES string of the molecule is N#Cc1ccc(COc2ccc(F)c(-c3cc(F)c(Cc4nc5ccc(C(=O)O)cc5n4CCOC4CC4)cc3F)n2)c(F)c1. The van der Waals surface area contributed by atoms with Gasteiger partial charge in [-0.3, -0.25) is 0 Å². The number of hydrogen-bond acceptors (Lipinski definition) is 6. The van der Waals surface area contributed by atoms with E-state index in [1.807, 2.05) is 6.07 Å². The Hall–Kier alpha value is -5.28. The van der Waals surface area contributed by atoms with Crippen molar-refractivity contribution in [2.75, 3.05) is 6.61 Å². The largest absolute Gasteiger partial charge is 0.478 e. The molecule has 0 bridgehead atoms. The molecule has 1 saturated carbocycles. The van der Waals surface area contributed by atoms with E-state index in [4.69, 9.17) is 14.7 Å². The maximum atomic E-state index is 15.5. The molecular weight excluding hydrogens is 592 g/mol. The first-order valence-electron chi connectivity index (χ1n) is 14.0. The second-order valence-corrected chi connectivity index (χ2v) is 10.5. The van der Waals surface area contributed by atoms with Crippen LogP contribution >= 0.6 is 0 Å². The summed E-state index contributed by atoms with van der Waals surface area (Å²) >= 11 is 0. The van der Waals surface area contributed by atoms with Gasteiger partial charge in [0, 0.05) is 30.2 Å². The van der Waals surface area contributed by atoms with Gasteiger partial charge in [-0.2, -0.15) is 5.26 Å². The number of carboxylic acids is 1. The van der Waals surface area contributed by atoms with Gasteiger partial charge in [-0.25, -0.2) is 32.3 Å². The molecule has 0 amide bonds. The highest BCUT2D eigenvalue weighted by atomic mass is 19.1. The lowest BCUT2D eigenvalue weighted by molar-refractivity contribution is 0.0697. The number of ether oxygens (including phenoxy) is 2. The Morgan fingerprint density at radius 3 is 2.47 bits per heavy atom. The Morgan fingerprint density at radius 1 is 0.933 bits per heavy atom. The number of aromatic nitrogens is 3. The molecule has 0 unspecified atom stereocenters. The maximum absolute atomic E-state index is 15.5. The van der Waals surface area contributed by atoms with Crippen LogP contribution in [-0.4, -0.2) is 38.3 Å². The molecule has 12 heteroatoms. The quantitative estimate of drug-likeness (QED) is 0.167. The summed E-state index contributed by atoms with van der Waals surface area (Å²) in [6, 6.07) is 14.0. The van der Waals surface area contributed by atoms with Crippen molar-refractivity contribution in [3.05, 3.63) is 112 Å². The molecule has 6 rings (SSSR count). The summed E-state index contributed by atoms with van der Waals surface area (Å²) < 4.78 is 72.9. The van der Waals surface area contributed by atoms with Crippen LogP contribution in [0, 0.1) is 34.6 Å². The molecule has 228 valence electrons. The summed E-state index contributed by atoms with van der Waals surface area (Å²) in [4.78, 5) is 20.1. The Morgan fingerprint density at radius 2 is 1.73 bits per heavy atom. The molecule has 0 atom stereocenters. The van der Waals surface area contributed by atoms with E-state index >= 15 is 8.78 Å². The van der Waals surface area contributed by atoms with Crippen molar-refractivity contribution in [2.24, 2.45) is 0 Å². The van der Waals surface area contributed by atoms with Crippen molar-refractivity contribution in [1.29, 1.82) is 5.26 Å². The van der Waals surface area contributed by atoms with Gasteiger partial charge in [0.1, 0.15) is 41.4 Å². The molecule has 1 fully saturated rings. The number of carboxylic acid groups (broad SMARTS) is 1. The summed E-state index contributed by atoms with van der Waals surface area (Å²) in [5, 5.41) is 18.4. The first-order valence-corrected chi connectivity index (χ1v) is 14.0. The van der Waals surface area contributed by atoms with E-state index in [1.54, 1.807) is 10.6 Å². The zero-order chi connectivity index (χ0) is 31.7. The van der Waals surface area contributed by atoms with Crippen molar-refractivity contribution in [3.63, 3.8) is 0 Å². The average Bonchev–Trinajstić information content (AvgIpc) is 3.79. The predicted octanol–water partition coefficient (Wildman–Crippen LogP) is 6.57. The Labute approximate surface area is 254 Å². The molecule has 1 aliphatic rings. The number of aromatic carboxylic acids is 1. The van der Waals surface area contributed by atoms with Gasteiger partial charge in [-0.15, -0.1) is 0 Å². The molecule has 2 aromatic heterocycles. The van der Waals surface area contributed by atoms with Gasteiger partial charge >= 0.3 is 5.97 Å². The average molecular weight is 617 g/mol. The van der Waals surface area contributed by atoms with Crippen LogP contribution in [0.4, 0.5) is 17.6 Å². The van der Waals surface area contributed by atoms with E-state index in [9.17, 15) is 18.7 Å². The number of nitrogens with zero attached hydrogens (tertiary/aromatic N) is 4. The summed E-state index contributed by atoms with van der Waals surface area (Å²) in [5.41, 5.74) is 0.316. The van der Waals surface area contributed by atoms with Gasteiger partial charge in [0.15, 0.2) is 0 Å². The molecule has 5 aromatic rings. The monoisotopic (exact) mass is 616 g/mol. The van der Waals surface area contributed by atoms with Crippen LogP contribution in [0.15, 0.2) is 60.7 Å². The van der Waals surface area contributed by atoms with Gasteiger partial charge in [-0.05, 0) is 66.9 Å². The predicted molar refractivity (Wildman–Crippen MR) is 153 cm³/mol. The molecule has 0 aliphatic heterocycles. The number of pyridine rings is 1. The van der Waals surface area contributed by atoms with Gasteiger partial charge in [0.2, 0.25) is 5.88 Å². The molecule has 0 radical (unpaired) electrons. The smallest absolute Gasteiger partial charge is 0.335 e. The fraction of sp³-hybridized carbons (Fsp3) is 0.212. The van der Waals surface area contributed by atoms with Crippen molar-refractivity contribution in [1.82, 2.24) is 14.5 Å². The number of carbonyl (C=O) groups is 1. The number of hydrogen-bond donors (Lipinski definition) is 1. The molecule has 1 N–H and O–H groups in total. The number of imidazole rings is 1. The van der Waals surface area contributed by atoms with E-state index in [2.05, 4.69) is 9.97 Å². The first kappa shape index (κ1) is 29.8. The molecule has 1 aliphatic carbocycles. The lowest BCUT2D eigenvalue weighted by Gasteiger charge is -2.13. The van der Waals surface area contributed by atoms with Crippen LogP contribution in [0.2, 0.25) is 0 Å². The van der Waals surface area contributed by atoms with Gasteiger partial charge in [0.05, 0.1) is 40.9 Å². The molecule has 0 saturated heterocycles. The third-order valence-corrected chi connectivity index (χ3v) is 7.39. The minimum Gasteiger partial charge on any atom is -0.478 e. The van der Waals surface area contributed by atoms with Crippen LogP contribution in [0.3, 0.4) is 0 Å². The number of rotatable bonds is 11. The van der Waals surface area contributed by atoms with Crippen molar-refractivity contribution in [3.8, 4) is 23.2 Å². The van der Waals surface area contributed by atoms with Gasteiger partial charge < -0.3 is 19.1 Å². The first-order chi connectivity index (χ1) is 21.7. The number of benzene rings is 3. The second kappa shape index (κ2) is 12.4. The van der Waals surface area contributed by atoms with Crippen molar-refractivity contribution >= 4 is 17.0 Å². The Kier molecular flexibility index (Phi) is 8.19. The molecule has 3 aromatic carbocycles. The minimum atomic E-state index is -1.11. The van der Waals surface area contributed by atoms with E-state index in [0.29, 0.717) is 30.0 Å².